The van der Waals surface area contributed by atoms with Gasteiger partial charge in [-0.25, -0.2) is 18.4 Å². The van der Waals surface area contributed by atoms with Crippen molar-refractivity contribution < 1.29 is 8.42 Å². The molecule has 2 aromatic heterocycles. The zero-order valence-electron chi connectivity index (χ0n) is 18.2. The average Bonchev–Trinajstić information content (AvgIpc) is 3.09. The lowest BCUT2D eigenvalue weighted by Gasteiger charge is -2.11. The Kier molecular flexibility index (Phi) is 7.10. The van der Waals surface area contributed by atoms with Gasteiger partial charge in [-0.3, -0.25) is 0 Å². The molecule has 7 nitrogen and oxygen atoms in total. The van der Waals surface area contributed by atoms with Gasteiger partial charge in [0.15, 0.2) is 0 Å². The van der Waals surface area contributed by atoms with Crippen LogP contribution in [0.1, 0.15) is 26.2 Å². The molecule has 0 aliphatic rings. The predicted molar refractivity (Wildman–Crippen MR) is 123 cm³/mol. The maximum Gasteiger partial charge on any atom is 0.249 e. The normalized spacial score (nSPS) is 12.0. The number of sulfone groups is 1. The van der Waals surface area contributed by atoms with Gasteiger partial charge in [0.2, 0.25) is 15.0 Å². The third-order valence-electron chi connectivity index (χ3n) is 4.94. The minimum absolute atomic E-state index is 0.152. The van der Waals surface area contributed by atoms with Crippen LogP contribution in [-0.2, 0) is 16.4 Å². The number of hydrogen-bond donors (Lipinski definition) is 1. The van der Waals surface area contributed by atoms with Crippen molar-refractivity contribution in [3.8, 4) is 11.3 Å². The van der Waals surface area contributed by atoms with E-state index in [-0.39, 0.29) is 5.16 Å². The van der Waals surface area contributed by atoms with Crippen LogP contribution in [-0.4, -0.2) is 61.3 Å². The molecule has 2 heterocycles. The lowest BCUT2D eigenvalue weighted by molar-refractivity contribution is 0.388. The highest BCUT2D eigenvalue weighted by Crippen LogP contribution is 2.26. The molecule has 0 saturated carbocycles. The second-order valence-electron chi connectivity index (χ2n) is 7.91. The smallest absolute Gasteiger partial charge is 0.249 e. The zero-order valence-corrected chi connectivity index (χ0v) is 19.0. The summed E-state index contributed by atoms with van der Waals surface area (Å²) in [6, 6.07) is 10.0. The fourth-order valence-electron chi connectivity index (χ4n) is 3.33. The first kappa shape index (κ1) is 22.2. The molecule has 1 N–H and O–H groups in total. The highest BCUT2D eigenvalue weighted by molar-refractivity contribution is 7.90. The monoisotopic (exact) mass is 429 g/mol. The van der Waals surface area contributed by atoms with Crippen molar-refractivity contribution >= 4 is 26.6 Å². The van der Waals surface area contributed by atoms with Crippen molar-refractivity contribution in [2.75, 3.05) is 38.8 Å². The molecule has 3 aromatic rings. The number of unbranched alkanes of at least 4 members (excludes halogenated alkanes) is 1. The number of fused-ring (bicyclic) bond motifs is 1. The SMILES string of the molecule is CCCCNc1cc(-c2ccc3c(ccn3CCCN(C)C)c2)nc(S(C)(=O)=O)n1. The Balaban J connectivity index is 1.92. The van der Waals surface area contributed by atoms with Gasteiger partial charge >= 0.3 is 0 Å². The van der Waals surface area contributed by atoms with E-state index in [4.69, 9.17) is 0 Å². The van der Waals surface area contributed by atoms with Crippen LogP contribution in [0.5, 0.6) is 0 Å². The maximum absolute atomic E-state index is 12.1. The molecule has 0 atom stereocenters. The number of benzene rings is 1. The van der Waals surface area contributed by atoms with E-state index in [9.17, 15) is 8.42 Å². The minimum atomic E-state index is -3.51. The van der Waals surface area contributed by atoms with E-state index in [0.29, 0.717) is 11.5 Å². The van der Waals surface area contributed by atoms with Crippen LogP contribution >= 0.6 is 0 Å². The van der Waals surface area contributed by atoms with Crippen molar-refractivity contribution in [2.45, 2.75) is 37.9 Å². The third-order valence-corrected chi connectivity index (χ3v) is 5.79. The number of nitrogens with one attached hydrogen (secondary N) is 1. The molecule has 0 spiro atoms. The van der Waals surface area contributed by atoms with Crippen LogP contribution in [0, 0.1) is 0 Å². The van der Waals surface area contributed by atoms with Gasteiger partial charge in [-0.1, -0.05) is 19.4 Å². The van der Waals surface area contributed by atoms with Gasteiger partial charge in [-0.2, -0.15) is 0 Å². The molecule has 8 heteroatoms. The molecule has 1 aromatic carbocycles. The first-order chi connectivity index (χ1) is 14.3. The summed E-state index contributed by atoms with van der Waals surface area (Å²) >= 11 is 0. The number of rotatable bonds is 10. The maximum atomic E-state index is 12.1. The first-order valence-electron chi connectivity index (χ1n) is 10.3. The molecule has 0 radical (unpaired) electrons. The summed E-state index contributed by atoms with van der Waals surface area (Å²) in [4.78, 5) is 10.7. The van der Waals surface area contributed by atoms with Gasteiger partial charge in [0, 0.05) is 48.1 Å². The average molecular weight is 430 g/mol. The van der Waals surface area contributed by atoms with Crippen LogP contribution in [0.4, 0.5) is 5.82 Å². The van der Waals surface area contributed by atoms with E-state index in [2.05, 4.69) is 70.2 Å². The van der Waals surface area contributed by atoms with Gasteiger partial charge in [-0.05, 0) is 51.7 Å². The zero-order chi connectivity index (χ0) is 21.7. The fraction of sp³-hybridized carbons (Fsp3) is 0.455. The van der Waals surface area contributed by atoms with E-state index in [1.54, 1.807) is 0 Å². The minimum Gasteiger partial charge on any atom is -0.370 e. The summed E-state index contributed by atoms with van der Waals surface area (Å²) in [5.74, 6) is 0.537. The summed E-state index contributed by atoms with van der Waals surface area (Å²) in [6.07, 6.45) is 6.35. The molecule has 0 bridgehead atoms. The van der Waals surface area contributed by atoms with Crippen LogP contribution < -0.4 is 5.32 Å². The number of aromatic nitrogens is 3. The molecule has 3 rings (SSSR count). The molecular formula is C22H31N5O2S. The van der Waals surface area contributed by atoms with E-state index in [1.807, 2.05) is 12.1 Å². The second kappa shape index (κ2) is 9.57. The topological polar surface area (TPSA) is 80.1 Å². The van der Waals surface area contributed by atoms with Crippen LogP contribution in [0.2, 0.25) is 0 Å². The molecule has 0 saturated heterocycles. The van der Waals surface area contributed by atoms with Gasteiger partial charge in [0.25, 0.3) is 0 Å². The molecule has 0 aliphatic heterocycles. The number of aryl methyl sites for hydroxylation is 1. The Hall–Kier alpha value is -2.45. The van der Waals surface area contributed by atoms with Crippen LogP contribution in [0.3, 0.4) is 0 Å². The molecule has 30 heavy (non-hydrogen) atoms. The highest BCUT2D eigenvalue weighted by atomic mass is 32.2. The number of anilines is 1. The van der Waals surface area contributed by atoms with E-state index in [1.165, 1.54) is 0 Å². The Bertz CT molecular complexity index is 1110. The van der Waals surface area contributed by atoms with E-state index < -0.39 is 9.84 Å². The Morgan fingerprint density at radius 3 is 2.60 bits per heavy atom. The molecule has 0 fully saturated rings. The van der Waals surface area contributed by atoms with Gasteiger partial charge < -0.3 is 14.8 Å². The van der Waals surface area contributed by atoms with Crippen LogP contribution in [0.15, 0.2) is 41.7 Å². The van der Waals surface area contributed by atoms with Crippen molar-refractivity contribution in [3.63, 3.8) is 0 Å². The largest absolute Gasteiger partial charge is 0.370 e. The van der Waals surface area contributed by atoms with E-state index >= 15 is 0 Å². The molecule has 0 unspecified atom stereocenters. The van der Waals surface area contributed by atoms with Gasteiger partial charge in [-0.15, -0.1) is 0 Å². The Morgan fingerprint density at radius 2 is 1.90 bits per heavy atom. The quantitative estimate of drug-likeness (QED) is 0.391. The summed E-state index contributed by atoms with van der Waals surface area (Å²) in [5, 5.41) is 4.17. The van der Waals surface area contributed by atoms with E-state index in [0.717, 1.165) is 61.6 Å². The second-order valence-corrected chi connectivity index (χ2v) is 9.82. The number of hydrogen-bond acceptors (Lipinski definition) is 6. The first-order valence-corrected chi connectivity index (χ1v) is 12.2. The summed E-state index contributed by atoms with van der Waals surface area (Å²) in [6.45, 7) is 4.85. The standard InChI is InChI=1S/C22H31N5O2S/c1-5-6-11-23-21-16-19(24-22(25-21)30(4,28)29)17-8-9-20-18(15-17)10-14-27(20)13-7-12-26(2)3/h8-10,14-16H,5-7,11-13H2,1-4H3,(H,23,24,25). The molecular weight excluding hydrogens is 398 g/mol. The van der Waals surface area contributed by atoms with Crippen molar-refractivity contribution in [3.05, 3.63) is 36.5 Å². The Labute approximate surface area is 179 Å². The van der Waals surface area contributed by atoms with Gasteiger partial charge in [0.1, 0.15) is 5.82 Å². The van der Waals surface area contributed by atoms with Crippen molar-refractivity contribution in [1.82, 2.24) is 19.4 Å². The summed E-state index contributed by atoms with van der Waals surface area (Å²) in [5.41, 5.74) is 2.64. The molecule has 0 aliphatic carbocycles. The Morgan fingerprint density at radius 1 is 1.10 bits per heavy atom. The lowest BCUT2D eigenvalue weighted by atomic mass is 10.1. The van der Waals surface area contributed by atoms with Crippen molar-refractivity contribution in [2.24, 2.45) is 0 Å². The predicted octanol–water partition coefficient (Wildman–Crippen LogP) is 3.67. The lowest BCUT2D eigenvalue weighted by Crippen LogP contribution is -2.14. The summed E-state index contributed by atoms with van der Waals surface area (Å²) < 4.78 is 26.5. The fourth-order valence-corrected chi connectivity index (χ4v) is 3.86. The number of nitrogens with zero attached hydrogens (tertiary/aromatic N) is 4. The highest BCUT2D eigenvalue weighted by Gasteiger charge is 2.16. The van der Waals surface area contributed by atoms with Crippen LogP contribution in [0.25, 0.3) is 22.2 Å². The summed E-state index contributed by atoms with van der Waals surface area (Å²) in [7, 11) is 0.650. The van der Waals surface area contributed by atoms with Gasteiger partial charge in [0.05, 0.1) is 5.69 Å². The third kappa shape index (κ3) is 5.58. The molecule has 0 amide bonds. The van der Waals surface area contributed by atoms with Crippen molar-refractivity contribution in [1.29, 1.82) is 0 Å². The molecule has 162 valence electrons.